The number of benzene rings is 2. The largest absolute Gasteiger partial charge is 0.491 e. The Labute approximate surface area is 182 Å². The van der Waals surface area contributed by atoms with E-state index in [9.17, 15) is 0 Å². The zero-order chi connectivity index (χ0) is 22.2. The topological polar surface area (TPSA) is 39.7 Å². The van der Waals surface area contributed by atoms with E-state index in [0.29, 0.717) is 33.0 Å². The summed E-state index contributed by atoms with van der Waals surface area (Å²) in [6.45, 7) is 18.5. The van der Waals surface area contributed by atoms with Crippen molar-refractivity contribution in [3.8, 4) is 11.5 Å². The predicted octanol–water partition coefficient (Wildman–Crippen LogP) is 6.19. The van der Waals surface area contributed by atoms with Crippen LogP contribution in [0.25, 0.3) is 0 Å². The van der Waals surface area contributed by atoms with Gasteiger partial charge in [0.25, 0.3) is 0 Å². The second-order valence-corrected chi connectivity index (χ2v) is 9.53. The number of rotatable bonds is 10. The Hall–Kier alpha value is -2.20. The van der Waals surface area contributed by atoms with Gasteiger partial charge in [-0.25, -0.2) is 0 Å². The molecule has 0 bridgehead atoms. The SMILES string of the molecule is CCOCCOc1ccccc1NCCOc1ccc(C(C)(C)C)cc1C(C)(C)C. The first-order valence-electron chi connectivity index (χ1n) is 10.9. The van der Waals surface area contributed by atoms with Gasteiger partial charge in [-0.05, 0) is 47.1 Å². The third-order valence-electron chi connectivity index (χ3n) is 4.91. The van der Waals surface area contributed by atoms with Gasteiger partial charge in [-0.3, -0.25) is 0 Å². The normalized spacial score (nSPS) is 12.0. The van der Waals surface area contributed by atoms with Crippen molar-refractivity contribution in [2.24, 2.45) is 0 Å². The molecular formula is C26H39NO3. The van der Waals surface area contributed by atoms with Crippen LogP contribution in [0.2, 0.25) is 0 Å². The highest BCUT2D eigenvalue weighted by molar-refractivity contribution is 5.56. The quantitative estimate of drug-likeness (QED) is 0.472. The summed E-state index contributed by atoms with van der Waals surface area (Å²) in [4.78, 5) is 0. The standard InChI is InChI=1S/C26H39NO3/c1-8-28-17-18-30-24-12-10-9-11-22(24)27-15-16-29-23-14-13-20(25(2,3)4)19-21(23)26(5,6)7/h9-14,19,27H,8,15-18H2,1-7H3. The smallest absolute Gasteiger partial charge is 0.142 e. The molecular weight excluding hydrogens is 374 g/mol. The maximum Gasteiger partial charge on any atom is 0.142 e. The fraction of sp³-hybridized carbons (Fsp3) is 0.538. The molecule has 0 aromatic heterocycles. The van der Waals surface area contributed by atoms with E-state index in [2.05, 4.69) is 65.1 Å². The second kappa shape index (κ2) is 10.7. The van der Waals surface area contributed by atoms with Crippen molar-refractivity contribution >= 4 is 5.69 Å². The average Bonchev–Trinajstić information content (AvgIpc) is 2.68. The third kappa shape index (κ3) is 7.24. The number of nitrogens with one attached hydrogen (secondary N) is 1. The van der Waals surface area contributed by atoms with Gasteiger partial charge in [0, 0.05) is 13.2 Å². The van der Waals surface area contributed by atoms with Gasteiger partial charge in [0.1, 0.15) is 24.7 Å². The molecule has 0 saturated heterocycles. The van der Waals surface area contributed by atoms with Crippen LogP contribution in [0.15, 0.2) is 42.5 Å². The first kappa shape index (κ1) is 24.1. The zero-order valence-corrected chi connectivity index (χ0v) is 19.8. The van der Waals surface area contributed by atoms with Gasteiger partial charge in [0.05, 0.1) is 12.3 Å². The van der Waals surface area contributed by atoms with E-state index >= 15 is 0 Å². The molecule has 0 atom stereocenters. The van der Waals surface area contributed by atoms with E-state index < -0.39 is 0 Å². The molecule has 1 N–H and O–H groups in total. The highest BCUT2D eigenvalue weighted by atomic mass is 16.5. The van der Waals surface area contributed by atoms with Crippen LogP contribution in [-0.4, -0.2) is 33.0 Å². The van der Waals surface area contributed by atoms with Crippen molar-refractivity contribution in [2.75, 3.05) is 38.3 Å². The Morgan fingerprint density at radius 3 is 2.13 bits per heavy atom. The fourth-order valence-electron chi connectivity index (χ4n) is 3.15. The van der Waals surface area contributed by atoms with Gasteiger partial charge >= 0.3 is 0 Å². The highest BCUT2D eigenvalue weighted by Crippen LogP contribution is 2.35. The maximum absolute atomic E-state index is 6.18. The molecule has 2 aromatic rings. The summed E-state index contributed by atoms with van der Waals surface area (Å²) in [5.74, 6) is 1.79. The van der Waals surface area contributed by atoms with Crippen molar-refractivity contribution in [3.63, 3.8) is 0 Å². The lowest BCUT2D eigenvalue weighted by molar-refractivity contribution is 0.110. The van der Waals surface area contributed by atoms with Gasteiger partial charge in [0.2, 0.25) is 0 Å². The molecule has 0 aliphatic heterocycles. The molecule has 4 heteroatoms. The molecule has 0 spiro atoms. The van der Waals surface area contributed by atoms with E-state index in [1.54, 1.807) is 0 Å². The van der Waals surface area contributed by atoms with Gasteiger partial charge in [-0.15, -0.1) is 0 Å². The molecule has 2 aromatic carbocycles. The molecule has 0 heterocycles. The third-order valence-corrected chi connectivity index (χ3v) is 4.91. The van der Waals surface area contributed by atoms with Crippen LogP contribution in [0, 0.1) is 0 Å². The number of hydrogen-bond donors (Lipinski definition) is 1. The van der Waals surface area contributed by atoms with Crippen LogP contribution in [-0.2, 0) is 15.6 Å². The molecule has 0 amide bonds. The van der Waals surface area contributed by atoms with E-state index in [-0.39, 0.29) is 10.8 Å². The van der Waals surface area contributed by atoms with Crippen LogP contribution in [0.3, 0.4) is 0 Å². The summed E-state index contributed by atoms with van der Waals surface area (Å²) >= 11 is 0. The van der Waals surface area contributed by atoms with E-state index in [1.165, 1.54) is 11.1 Å². The van der Waals surface area contributed by atoms with Crippen molar-refractivity contribution in [1.82, 2.24) is 0 Å². The van der Waals surface area contributed by atoms with Crippen LogP contribution >= 0.6 is 0 Å². The van der Waals surface area contributed by atoms with Crippen molar-refractivity contribution in [2.45, 2.75) is 59.3 Å². The Morgan fingerprint density at radius 2 is 1.47 bits per heavy atom. The lowest BCUT2D eigenvalue weighted by atomic mass is 9.80. The van der Waals surface area contributed by atoms with E-state index in [4.69, 9.17) is 14.2 Å². The summed E-state index contributed by atoms with van der Waals surface area (Å²) in [5.41, 5.74) is 3.68. The molecule has 0 unspecified atom stereocenters. The molecule has 0 radical (unpaired) electrons. The molecule has 0 aliphatic carbocycles. The number of ether oxygens (including phenoxy) is 3. The lowest BCUT2D eigenvalue weighted by Crippen LogP contribution is -2.19. The summed E-state index contributed by atoms with van der Waals surface area (Å²) in [6.07, 6.45) is 0. The van der Waals surface area contributed by atoms with Crippen molar-refractivity contribution in [3.05, 3.63) is 53.6 Å². The second-order valence-electron chi connectivity index (χ2n) is 9.53. The minimum absolute atomic E-state index is 0.0189. The van der Waals surface area contributed by atoms with E-state index in [0.717, 1.165) is 17.2 Å². The molecule has 30 heavy (non-hydrogen) atoms. The number of para-hydroxylation sites is 2. The van der Waals surface area contributed by atoms with Crippen LogP contribution in [0.4, 0.5) is 5.69 Å². The minimum Gasteiger partial charge on any atom is -0.491 e. The number of anilines is 1. The zero-order valence-electron chi connectivity index (χ0n) is 19.8. The summed E-state index contributed by atoms with van der Waals surface area (Å²) in [5, 5.41) is 3.43. The maximum atomic E-state index is 6.18. The Balaban J connectivity index is 1.98. The summed E-state index contributed by atoms with van der Waals surface area (Å²) in [7, 11) is 0. The average molecular weight is 414 g/mol. The fourth-order valence-corrected chi connectivity index (χ4v) is 3.15. The first-order chi connectivity index (χ1) is 14.1. The number of hydrogen-bond acceptors (Lipinski definition) is 4. The Kier molecular flexibility index (Phi) is 8.60. The molecule has 0 saturated carbocycles. The van der Waals surface area contributed by atoms with Crippen LogP contribution in [0.1, 0.15) is 59.6 Å². The summed E-state index contributed by atoms with van der Waals surface area (Å²) in [6, 6.07) is 14.6. The molecule has 4 nitrogen and oxygen atoms in total. The van der Waals surface area contributed by atoms with E-state index in [1.807, 2.05) is 31.2 Å². The predicted molar refractivity (Wildman–Crippen MR) is 126 cm³/mol. The highest BCUT2D eigenvalue weighted by Gasteiger charge is 2.23. The first-order valence-corrected chi connectivity index (χ1v) is 10.9. The van der Waals surface area contributed by atoms with Crippen LogP contribution in [0.5, 0.6) is 11.5 Å². The monoisotopic (exact) mass is 413 g/mol. The van der Waals surface area contributed by atoms with Crippen LogP contribution < -0.4 is 14.8 Å². The van der Waals surface area contributed by atoms with Gasteiger partial charge in [0.15, 0.2) is 0 Å². The minimum atomic E-state index is 0.0189. The van der Waals surface area contributed by atoms with Gasteiger partial charge in [-0.2, -0.15) is 0 Å². The Bertz CT molecular complexity index is 788. The van der Waals surface area contributed by atoms with Crippen molar-refractivity contribution in [1.29, 1.82) is 0 Å². The van der Waals surface area contributed by atoms with Gasteiger partial charge < -0.3 is 19.5 Å². The lowest BCUT2D eigenvalue weighted by Gasteiger charge is -2.27. The molecule has 2 rings (SSSR count). The molecule has 0 fully saturated rings. The molecule has 0 aliphatic rings. The summed E-state index contributed by atoms with van der Waals surface area (Å²) < 4.78 is 17.4. The van der Waals surface area contributed by atoms with Crippen molar-refractivity contribution < 1.29 is 14.2 Å². The Morgan fingerprint density at radius 1 is 0.767 bits per heavy atom. The van der Waals surface area contributed by atoms with Gasteiger partial charge in [-0.1, -0.05) is 65.8 Å². The molecule has 166 valence electrons.